The lowest BCUT2D eigenvalue weighted by Gasteiger charge is -2.32. The molecule has 0 radical (unpaired) electrons. The van der Waals surface area contributed by atoms with Gasteiger partial charge in [0.2, 0.25) is 0 Å². The summed E-state index contributed by atoms with van der Waals surface area (Å²) in [6.07, 6.45) is 2.57. The molecule has 1 saturated heterocycles. The average Bonchev–Trinajstić information content (AvgIpc) is 2.41. The molecule has 1 N–H and O–H groups in total. The summed E-state index contributed by atoms with van der Waals surface area (Å²) in [5, 5.41) is 8.94. The van der Waals surface area contributed by atoms with Crippen molar-refractivity contribution in [1.29, 1.82) is 0 Å². The number of rotatable bonds is 4. The minimum absolute atomic E-state index is 0.309. The molecule has 1 aliphatic heterocycles. The van der Waals surface area contributed by atoms with Crippen molar-refractivity contribution in [1.82, 2.24) is 4.90 Å². The monoisotopic (exact) mass is 327 g/mol. The van der Waals surface area contributed by atoms with Gasteiger partial charge in [-0.2, -0.15) is 0 Å². The number of hydrogen-bond acceptors (Lipinski definition) is 3. The zero-order chi connectivity index (χ0) is 13.8. The molecule has 0 bridgehead atoms. The number of carboxylic acid groups (broad SMARTS) is 1. The van der Waals surface area contributed by atoms with Gasteiger partial charge in [0, 0.05) is 24.7 Å². The summed E-state index contributed by atoms with van der Waals surface area (Å²) in [6, 6.07) is 5.19. The Hall–Kier alpha value is -0.910. The molecule has 1 aromatic rings. The molecule has 1 atom stereocenters. The lowest BCUT2D eigenvalue weighted by molar-refractivity contribution is 0.0285. The number of ether oxygens (including phenoxy) is 1. The number of benzene rings is 1. The summed E-state index contributed by atoms with van der Waals surface area (Å²) in [4.78, 5) is 13.2. The summed E-state index contributed by atoms with van der Waals surface area (Å²) < 4.78 is 6.26. The highest BCUT2D eigenvalue weighted by molar-refractivity contribution is 9.10. The first-order valence-electron chi connectivity index (χ1n) is 6.37. The fourth-order valence-corrected chi connectivity index (χ4v) is 2.90. The summed E-state index contributed by atoms with van der Waals surface area (Å²) in [7, 11) is 1.76. The average molecular weight is 328 g/mol. The van der Waals surface area contributed by atoms with Crippen molar-refractivity contribution in [2.75, 3.05) is 20.2 Å². The highest BCUT2D eigenvalue weighted by atomic mass is 79.9. The third-order valence-corrected chi connectivity index (χ3v) is 4.23. The van der Waals surface area contributed by atoms with E-state index in [1.807, 2.05) is 6.07 Å². The Bertz CT molecular complexity index is 464. The zero-order valence-electron chi connectivity index (χ0n) is 10.9. The number of halogens is 1. The van der Waals surface area contributed by atoms with Crippen molar-refractivity contribution in [2.24, 2.45) is 0 Å². The first kappa shape index (κ1) is 14.5. The lowest BCUT2D eigenvalue weighted by Crippen LogP contribution is -2.38. The van der Waals surface area contributed by atoms with Crippen LogP contribution in [0.15, 0.2) is 22.7 Å². The minimum atomic E-state index is -0.898. The first-order valence-corrected chi connectivity index (χ1v) is 7.16. The first-order chi connectivity index (χ1) is 9.10. The maximum absolute atomic E-state index is 10.9. The van der Waals surface area contributed by atoms with Crippen molar-refractivity contribution >= 4 is 21.9 Å². The molecule has 1 aromatic carbocycles. The van der Waals surface area contributed by atoms with E-state index in [2.05, 4.69) is 20.8 Å². The smallest absolute Gasteiger partial charge is 0.335 e. The number of likely N-dealkylation sites (tertiary alicyclic amines) is 1. The Morgan fingerprint density at radius 1 is 1.58 bits per heavy atom. The van der Waals surface area contributed by atoms with E-state index in [0.29, 0.717) is 11.7 Å². The van der Waals surface area contributed by atoms with Crippen LogP contribution in [0.3, 0.4) is 0 Å². The molecule has 0 aliphatic carbocycles. The molecule has 1 fully saturated rings. The van der Waals surface area contributed by atoms with Crippen LogP contribution in [-0.4, -0.2) is 42.3 Å². The highest BCUT2D eigenvalue weighted by Crippen LogP contribution is 2.22. The SMILES string of the molecule is COC1CCCN(Cc2ccc(C(=O)O)cc2Br)C1. The molecule has 104 valence electrons. The van der Waals surface area contributed by atoms with Gasteiger partial charge in [0.15, 0.2) is 0 Å². The van der Waals surface area contributed by atoms with E-state index in [1.165, 1.54) is 0 Å². The number of hydrogen-bond donors (Lipinski definition) is 1. The van der Waals surface area contributed by atoms with Crippen molar-refractivity contribution in [3.05, 3.63) is 33.8 Å². The van der Waals surface area contributed by atoms with E-state index in [9.17, 15) is 4.79 Å². The quantitative estimate of drug-likeness (QED) is 0.923. The van der Waals surface area contributed by atoms with Gasteiger partial charge in [0.25, 0.3) is 0 Å². The molecule has 19 heavy (non-hydrogen) atoms. The summed E-state index contributed by atoms with van der Waals surface area (Å²) in [5.74, 6) is -0.898. The van der Waals surface area contributed by atoms with Gasteiger partial charge in [-0.25, -0.2) is 4.79 Å². The van der Waals surface area contributed by atoms with Crippen LogP contribution in [0.2, 0.25) is 0 Å². The molecule has 0 aromatic heterocycles. The van der Waals surface area contributed by atoms with Crippen LogP contribution in [0.25, 0.3) is 0 Å². The second kappa shape index (κ2) is 6.50. The fraction of sp³-hybridized carbons (Fsp3) is 0.500. The van der Waals surface area contributed by atoms with Crippen molar-refractivity contribution in [2.45, 2.75) is 25.5 Å². The van der Waals surface area contributed by atoms with E-state index < -0.39 is 5.97 Å². The van der Waals surface area contributed by atoms with Gasteiger partial charge >= 0.3 is 5.97 Å². The molecule has 4 nitrogen and oxygen atoms in total. The Morgan fingerprint density at radius 2 is 2.37 bits per heavy atom. The number of nitrogens with zero attached hydrogens (tertiary/aromatic N) is 1. The molecule has 1 unspecified atom stereocenters. The van der Waals surface area contributed by atoms with E-state index in [4.69, 9.17) is 9.84 Å². The summed E-state index contributed by atoms with van der Waals surface area (Å²) in [5.41, 5.74) is 1.42. The Balaban J connectivity index is 2.04. The third kappa shape index (κ3) is 3.78. The van der Waals surface area contributed by atoms with Crippen LogP contribution in [-0.2, 0) is 11.3 Å². The maximum Gasteiger partial charge on any atom is 0.335 e. The Morgan fingerprint density at radius 3 is 3.00 bits per heavy atom. The molecule has 2 rings (SSSR count). The van der Waals surface area contributed by atoms with Crippen molar-refractivity contribution in [3.63, 3.8) is 0 Å². The predicted molar refractivity (Wildman–Crippen MR) is 76.4 cm³/mol. The summed E-state index contributed by atoms with van der Waals surface area (Å²) >= 11 is 3.45. The van der Waals surface area contributed by atoms with Crippen LogP contribution in [0.1, 0.15) is 28.8 Å². The van der Waals surface area contributed by atoms with Crippen LogP contribution >= 0.6 is 15.9 Å². The molecule has 0 spiro atoms. The Labute approximate surface area is 121 Å². The van der Waals surface area contributed by atoms with E-state index in [-0.39, 0.29) is 0 Å². The van der Waals surface area contributed by atoms with Gasteiger partial charge in [-0.1, -0.05) is 22.0 Å². The maximum atomic E-state index is 10.9. The van der Waals surface area contributed by atoms with Crippen LogP contribution < -0.4 is 0 Å². The van der Waals surface area contributed by atoms with Crippen LogP contribution in [0.4, 0.5) is 0 Å². The van der Waals surface area contributed by atoms with Gasteiger partial charge in [0.05, 0.1) is 11.7 Å². The highest BCUT2D eigenvalue weighted by Gasteiger charge is 2.20. The van der Waals surface area contributed by atoms with Crippen LogP contribution in [0, 0.1) is 0 Å². The lowest BCUT2D eigenvalue weighted by atomic mass is 10.1. The minimum Gasteiger partial charge on any atom is -0.478 e. The second-order valence-electron chi connectivity index (χ2n) is 4.85. The predicted octanol–water partition coefficient (Wildman–Crippen LogP) is 2.76. The van der Waals surface area contributed by atoms with Gasteiger partial charge < -0.3 is 9.84 Å². The largest absolute Gasteiger partial charge is 0.478 e. The Kier molecular flexibility index (Phi) is 4.96. The number of carboxylic acids is 1. The van der Waals surface area contributed by atoms with Gasteiger partial charge in [-0.3, -0.25) is 4.90 Å². The van der Waals surface area contributed by atoms with Gasteiger partial charge in [-0.05, 0) is 37.1 Å². The standard InChI is InChI=1S/C14H18BrNO3/c1-19-12-3-2-6-16(9-12)8-11-5-4-10(14(17)18)7-13(11)15/h4-5,7,12H,2-3,6,8-9H2,1H3,(H,17,18). The van der Waals surface area contributed by atoms with E-state index >= 15 is 0 Å². The molecule has 1 heterocycles. The molecule has 0 amide bonds. The molecular weight excluding hydrogens is 310 g/mol. The summed E-state index contributed by atoms with van der Waals surface area (Å²) in [6.45, 7) is 2.82. The number of aromatic carboxylic acids is 1. The van der Waals surface area contributed by atoms with Gasteiger partial charge in [0.1, 0.15) is 0 Å². The van der Waals surface area contributed by atoms with Crippen molar-refractivity contribution in [3.8, 4) is 0 Å². The molecular formula is C14H18BrNO3. The van der Waals surface area contributed by atoms with Crippen LogP contribution in [0.5, 0.6) is 0 Å². The third-order valence-electron chi connectivity index (χ3n) is 3.49. The zero-order valence-corrected chi connectivity index (χ0v) is 12.5. The topological polar surface area (TPSA) is 49.8 Å². The number of piperidine rings is 1. The second-order valence-corrected chi connectivity index (χ2v) is 5.70. The molecule has 1 aliphatic rings. The van der Waals surface area contributed by atoms with E-state index in [0.717, 1.165) is 42.5 Å². The number of methoxy groups -OCH3 is 1. The fourth-order valence-electron chi connectivity index (χ4n) is 2.40. The van der Waals surface area contributed by atoms with E-state index in [1.54, 1.807) is 19.2 Å². The number of carbonyl (C=O) groups is 1. The molecule has 5 heteroatoms. The van der Waals surface area contributed by atoms with Gasteiger partial charge in [-0.15, -0.1) is 0 Å². The molecule has 0 saturated carbocycles. The normalized spacial score (nSPS) is 20.4. The van der Waals surface area contributed by atoms with Crippen molar-refractivity contribution < 1.29 is 14.6 Å².